The van der Waals surface area contributed by atoms with Crippen LogP contribution in [0, 0.1) is 6.92 Å². The second-order valence-corrected chi connectivity index (χ2v) is 14.1. The normalized spacial score (nSPS) is 19.7. The van der Waals surface area contributed by atoms with Crippen LogP contribution in [0.2, 0.25) is 5.02 Å². The molecule has 0 radical (unpaired) electrons. The summed E-state index contributed by atoms with van der Waals surface area (Å²) in [6.07, 6.45) is -0.352. The van der Waals surface area contributed by atoms with E-state index >= 15 is 0 Å². The molecule has 1 atom stereocenters. The Balaban J connectivity index is 0.00000144. The number of fused-ring (bicyclic) bond motifs is 3. The molecule has 4 aliphatic heterocycles. The fraction of sp³-hybridized carbons (Fsp3) is 0.543. The number of alkyl halides is 3. The van der Waals surface area contributed by atoms with Crippen molar-refractivity contribution >= 4 is 29.0 Å². The molecule has 7 rings (SSSR count). The fourth-order valence-corrected chi connectivity index (χ4v) is 8.20. The summed E-state index contributed by atoms with van der Waals surface area (Å²) in [6, 6.07) is 2.58. The first-order valence-corrected chi connectivity index (χ1v) is 17.4. The highest BCUT2D eigenvalue weighted by molar-refractivity contribution is 6.31. The van der Waals surface area contributed by atoms with E-state index in [-0.39, 0.29) is 48.1 Å². The van der Waals surface area contributed by atoms with Gasteiger partial charge in [-0.05, 0) is 69.8 Å². The van der Waals surface area contributed by atoms with Crippen molar-refractivity contribution in [2.24, 2.45) is 0 Å². The van der Waals surface area contributed by atoms with Crippen LogP contribution in [0.15, 0.2) is 25.0 Å². The molecule has 276 valence electrons. The highest BCUT2D eigenvalue weighted by Crippen LogP contribution is 2.45. The molecular weight excluding hydrogens is 692 g/mol. The molecule has 51 heavy (non-hydrogen) atoms. The standard InChI is InChI=1S/C33H40ClF3N8O3.C2H3F/c1-19-25-16-43(9-6-12-45(25)41-28(19)30(46)42(2)3)29-22-17-47-26(21-13-20(38)14-23(34)27(21)33(35,36)37)15-24(22)39-31(40-29)48-18-32-7-4-10-44(32)11-5-8-32;1-2-3/h13-14,26H,4-12,15-18,38H2,1-3H3;2H,1H2. The summed E-state index contributed by atoms with van der Waals surface area (Å²) in [5, 5.41) is 4.18. The SMILES string of the molecule is C=CF.Cc1c(C(=O)N(C)C)nn2c1CN(c1nc(OCC34CCCN3CCC4)nc3c1COC(c1cc(N)cc(Cl)c1C(F)(F)F)C3)CCC2. The van der Waals surface area contributed by atoms with Crippen molar-refractivity contribution in [1.29, 1.82) is 0 Å². The summed E-state index contributed by atoms with van der Waals surface area (Å²) < 4.78 is 67.2. The molecule has 3 aromatic rings. The minimum atomic E-state index is -4.71. The minimum absolute atomic E-state index is 0.0177. The van der Waals surface area contributed by atoms with E-state index in [2.05, 4.69) is 21.5 Å². The maximum atomic E-state index is 14.2. The van der Waals surface area contributed by atoms with E-state index in [0.29, 0.717) is 49.0 Å². The number of rotatable bonds is 6. The quantitative estimate of drug-likeness (QED) is 0.231. The van der Waals surface area contributed by atoms with Crippen LogP contribution in [0.5, 0.6) is 6.01 Å². The maximum Gasteiger partial charge on any atom is 0.418 e. The number of carbonyl (C=O) groups excluding carboxylic acids is 1. The predicted octanol–water partition coefficient (Wildman–Crippen LogP) is 6.27. The van der Waals surface area contributed by atoms with E-state index in [1.54, 1.807) is 14.1 Å². The number of hydrogen-bond acceptors (Lipinski definition) is 9. The molecule has 2 fully saturated rings. The van der Waals surface area contributed by atoms with Crippen LogP contribution in [0.1, 0.15) is 82.3 Å². The zero-order valence-corrected chi connectivity index (χ0v) is 29.8. The zero-order chi connectivity index (χ0) is 36.7. The van der Waals surface area contributed by atoms with Gasteiger partial charge in [0.05, 0.1) is 53.1 Å². The van der Waals surface area contributed by atoms with Gasteiger partial charge < -0.3 is 25.0 Å². The van der Waals surface area contributed by atoms with E-state index in [9.17, 15) is 22.4 Å². The molecule has 16 heteroatoms. The first kappa shape index (κ1) is 36.8. The van der Waals surface area contributed by atoms with Crippen molar-refractivity contribution in [2.45, 2.75) is 83.0 Å². The summed E-state index contributed by atoms with van der Waals surface area (Å²) >= 11 is 6.10. The van der Waals surface area contributed by atoms with Crippen LogP contribution >= 0.6 is 11.6 Å². The van der Waals surface area contributed by atoms with Crippen LogP contribution in [0.25, 0.3) is 0 Å². The van der Waals surface area contributed by atoms with Crippen LogP contribution in [0.3, 0.4) is 0 Å². The lowest BCUT2D eigenvalue weighted by molar-refractivity contribution is -0.139. The van der Waals surface area contributed by atoms with Gasteiger partial charge in [0, 0.05) is 50.4 Å². The Kier molecular flexibility index (Phi) is 10.5. The Hall–Kier alpha value is -3.95. The van der Waals surface area contributed by atoms with Crippen molar-refractivity contribution in [3.05, 3.63) is 69.4 Å². The average Bonchev–Trinajstić information content (AvgIpc) is 3.69. The van der Waals surface area contributed by atoms with E-state index in [0.717, 1.165) is 62.5 Å². The summed E-state index contributed by atoms with van der Waals surface area (Å²) in [6.45, 7) is 8.78. The van der Waals surface area contributed by atoms with Crippen LogP contribution in [0.4, 0.5) is 29.1 Å². The van der Waals surface area contributed by atoms with Gasteiger partial charge in [-0.3, -0.25) is 14.4 Å². The van der Waals surface area contributed by atoms with Crippen LogP contribution in [-0.4, -0.2) is 81.3 Å². The number of nitrogens with zero attached hydrogens (tertiary/aromatic N) is 7. The van der Waals surface area contributed by atoms with Crippen LogP contribution < -0.4 is 15.4 Å². The molecule has 2 aromatic heterocycles. The minimum Gasteiger partial charge on any atom is -0.461 e. The lowest BCUT2D eigenvalue weighted by Gasteiger charge is -2.33. The van der Waals surface area contributed by atoms with Gasteiger partial charge in [-0.15, -0.1) is 0 Å². The Bertz CT molecular complexity index is 1790. The van der Waals surface area contributed by atoms with Crippen molar-refractivity contribution in [2.75, 3.05) is 51.0 Å². The molecule has 4 aliphatic rings. The number of anilines is 2. The Morgan fingerprint density at radius 2 is 1.88 bits per heavy atom. The summed E-state index contributed by atoms with van der Waals surface area (Å²) in [5.41, 5.74) is 8.32. The van der Waals surface area contributed by atoms with E-state index in [4.69, 9.17) is 36.8 Å². The van der Waals surface area contributed by atoms with Gasteiger partial charge in [-0.25, -0.2) is 4.39 Å². The molecule has 1 aromatic carbocycles. The van der Waals surface area contributed by atoms with Gasteiger partial charge in [0.2, 0.25) is 0 Å². The number of aryl methyl sites for hydroxylation is 1. The van der Waals surface area contributed by atoms with Crippen molar-refractivity contribution < 1.29 is 31.8 Å². The Morgan fingerprint density at radius 3 is 2.55 bits per heavy atom. The Morgan fingerprint density at radius 1 is 1.18 bits per heavy atom. The molecule has 0 bridgehead atoms. The van der Waals surface area contributed by atoms with Gasteiger partial charge >= 0.3 is 12.2 Å². The maximum absolute atomic E-state index is 14.2. The number of aromatic nitrogens is 4. The van der Waals surface area contributed by atoms with Gasteiger partial charge in [-0.1, -0.05) is 18.2 Å². The highest BCUT2D eigenvalue weighted by atomic mass is 35.5. The molecule has 0 saturated carbocycles. The van der Waals surface area contributed by atoms with Gasteiger partial charge in [-0.2, -0.15) is 28.2 Å². The van der Waals surface area contributed by atoms with Gasteiger partial charge in [0.25, 0.3) is 5.91 Å². The topological polar surface area (TPSA) is 115 Å². The molecular formula is C35H43ClF4N8O3. The second kappa shape index (κ2) is 14.6. The number of carbonyl (C=O) groups is 1. The number of ether oxygens (including phenoxy) is 2. The fourth-order valence-electron chi connectivity index (χ4n) is 7.86. The molecule has 11 nitrogen and oxygen atoms in total. The second-order valence-electron chi connectivity index (χ2n) is 13.7. The summed E-state index contributed by atoms with van der Waals surface area (Å²) in [7, 11) is 3.40. The molecule has 6 heterocycles. The number of hydrogen-bond donors (Lipinski definition) is 1. The first-order chi connectivity index (χ1) is 24.3. The van der Waals surface area contributed by atoms with Crippen molar-refractivity contribution in [3.8, 4) is 6.01 Å². The molecule has 1 amide bonds. The zero-order valence-electron chi connectivity index (χ0n) is 29.0. The molecule has 0 spiro atoms. The third-order valence-corrected chi connectivity index (χ3v) is 10.6. The lowest BCUT2D eigenvalue weighted by atomic mass is 9.94. The van der Waals surface area contributed by atoms with Gasteiger partial charge in [0.15, 0.2) is 5.69 Å². The molecule has 1 unspecified atom stereocenters. The number of amides is 1. The number of benzene rings is 1. The number of nitrogen functional groups attached to an aromatic ring is 1. The largest absolute Gasteiger partial charge is 0.461 e. The molecule has 2 saturated heterocycles. The number of nitrogens with two attached hydrogens (primary N) is 1. The van der Waals surface area contributed by atoms with E-state index < -0.39 is 22.9 Å². The predicted molar refractivity (Wildman–Crippen MR) is 184 cm³/mol. The van der Waals surface area contributed by atoms with Crippen molar-refractivity contribution in [3.63, 3.8) is 0 Å². The first-order valence-electron chi connectivity index (χ1n) is 17.1. The molecule has 2 N–H and O–H groups in total. The Labute approximate surface area is 299 Å². The van der Waals surface area contributed by atoms with E-state index in [1.165, 1.54) is 11.0 Å². The number of halogens is 5. The smallest absolute Gasteiger partial charge is 0.418 e. The highest BCUT2D eigenvalue weighted by Gasteiger charge is 2.45. The third-order valence-electron chi connectivity index (χ3n) is 10.3. The van der Waals surface area contributed by atoms with Crippen molar-refractivity contribution in [1.82, 2.24) is 29.5 Å². The van der Waals surface area contributed by atoms with E-state index in [1.807, 2.05) is 11.6 Å². The average molecular weight is 735 g/mol. The third kappa shape index (κ3) is 7.25. The van der Waals surface area contributed by atoms with Gasteiger partial charge in [0.1, 0.15) is 12.4 Å². The summed E-state index contributed by atoms with van der Waals surface area (Å²) in [4.78, 5) is 28.8. The van der Waals surface area contributed by atoms with Crippen LogP contribution in [-0.2, 0) is 37.0 Å². The molecule has 0 aliphatic carbocycles. The monoisotopic (exact) mass is 734 g/mol. The summed E-state index contributed by atoms with van der Waals surface area (Å²) in [5.74, 6) is 0.443. The lowest BCUT2D eigenvalue weighted by Crippen LogP contribution is -2.43.